The van der Waals surface area contributed by atoms with Crippen LogP contribution in [0.2, 0.25) is 0 Å². The van der Waals surface area contributed by atoms with Crippen molar-refractivity contribution in [2.24, 2.45) is 0 Å². The van der Waals surface area contributed by atoms with Crippen molar-refractivity contribution in [3.63, 3.8) is 0 Å². The van der Waals surface area contributed by atoms with Crippen LogP contribution in [0.4, 0.5) is 0 Å². The molecule has 0 radical (unpaired) electrons. The maximum atomic E-state index is 5.73. The lowest BCUT2D eigenvalue weighted by Gasteiger charge is -2.39. The van der Waals surface area contributed by atoms with Crippen LogP contribution in [-0.2, 0) is 4.74 Å². The normalized spacial score (nSPS) is 28.1. The molecule has 2 saturated carbocycles. The second-order valence-corrected chi connectivity index (χ2v) is 4.88. The summed E-state index contributed by atoms with van der Waals surface area (Å²) in [4.78, 5) is 0. The van der Waals surface area contributed by atoms with Crippen LogP contribution >= 0.6 is 0 Å². The fourth-order valence-corrected chi connectivity index (χ4v) is 2.97. The van der Waals surface area contributed by atoms with Crippen LogP contribution in [-0.4, -0.2) is 18.9 Å². The van der Waals surface area contributed by atoms with Crippen LogP contribution in [0.25, 0.3) is 0 Å². The fourth-order valence-electron chi connectivity index (χ4n) is 2.97. The van der Waals surface area contributed by atoms with Gasteiger partial charge in [-0.15, -0.1) is 0 Å². The van der Waals surface area contributed by atoms with Crippen molar-refractivity contribution in [2.75, 3.05) is 7.11 Å². The second kappa shape index (κ2) is 4.63. The molecule has 0 saturated heterocycles. The highest BCUT2D eigenvalue weighted by atomic mass is 16.5. The summed E-state index contributed by atoms with van der Waals surface area (Å²) < 4.78 is 5.73. The van der Waals surface area contributed by atoms with Crippen LogP contribution < -0.4 is 5.32 Å². The summed E-state index contributed by atoms with van der Waals surface area (Å²) in [5.74, 6) is 0. The fraction of sp³-hybridized carbons (Fsp3) is 1.00. The summed E-state index contributed by atoms with van der Waals surface area (Å²) in [5, 5.41) is 3.76. The molecule has 0 unspecified atom stereocenters. The molecule has 2 fully saturated rings. The first-order valence-electron chi connectivity index (χ1n) is 6.17. The highest BCUT2D eigenvalue weighted by Gasteiger charge is 2.34. The maximum absolute atomic E-state index is 5.73. The summed E-state index contributed by atoms with van der Waals surface area (Å²) in [5.41, 5.74) is 0.0350. The third-order valence-corrected chi connectivity index (χ3v) is 3.87. The lowest BCUT2D eigenvalue weighted by atomic mass is 9.90. The number of hydrogen-bond acceptors (Lipinski definition) is 2. The van der Waals surface area contributed by atoms with E-state index in [-0.39, 0.29) is 5.72 Å². The van der Waals surface area contributed by atoms with E-state index in [1.54, 1.807) is 0 Å². The van der Waals surface area contributed by atoms with E-state index < -0.39 is 0 Å². The molecule has 0 spiro atoms. The Morgan fingerprint density at radius 1 is 1.00 bits per heavy atom. The van der Waals surface area contributed by atoms with Crippen molar-refractivity contribution in [3.05, 3.63) is 0 Å². The minimum atomic E-state index is 0.0350. The summed E-state index contributed by atoms with van der Waals surface area (Å²) in [6.45, 7) is 0. The summed E-state index contributed by atoms with van der Waals surface area (Å²) in [6, 6.07) is 0.730. The van der Waals surface area contributed by atoms with Crippen molar-refractivity contribution < 1.29 is 4.74 Å². The van der Waals surface area contributed by atoms with Gasteiger partial charge in [0, 0.05) is 13.2 Å². The Kier molecular flexibility index (Phi) is 3.45. The van der Waals surface area contributed by atoms with Gasteiger partial charge in [0.15, 0.2) is 0 Å². The SMILES string of the molecule is COC1(NC2CCCC2)CCCCC1. The van der Waals surface area contributed by atoms with E-state index in [1.807, 2.05) is 7.11 Å². The Balaban J connectivity index is 1.89. The molecular weight excluding hydrogens is 174 g/mol. The second-order valence-electron chi connectivity index (χ2n) is 4.88. The minimum Gasteiger partial charge on any atom is -0.364 e. The van der Waals surface area contributed by atoms with Gasteiger partial charge in [-0.25, -0.2) is 0 Å². The van der Waals surface area contributed by atoms with Crippen LogP contribution in [0.5, 0.6) is 0 Å². The predicted molar refractivity (Wildman–Crippen MR) is 58.2 cm³/mol. The molecule has 2 aliphatic rings. The molecule has 0 bridgehead atoms. The lowest BCUT2D eigenvalue weighted by Crippen LogP contribution is -2.52. The molecule has 0 aromatic rings. The molecule has 0 aromatic carbocycles. The highest BCUT2D eigenvalue weighted by Crippen LogP contribution is 2.31. The third-order valence-electron chi connectivity index (χ3n) is 3.87. The zero-order chi connectivity index (χ0) is 9.86. The predicted octanol–water partition coefficient (Wildman–Crippen LogP) is 2.83. The van der Waals surface area contributed by atoms with Crippen molar-refractivity contribution in [3.8, 4) is 0 Å². The zero-order valence-corrected chi connectivity index (χ0v) is 9.35. The van der Waals surface area contributed by atoms with Gasteiger partial charge >= 0.3 is 0 Å². The van der Waals surface area contributed by atoms with Gasteiger partial charge in [0.25, 0.3) is 0 Å². The standard InChI is InChI=1S/C12H23NO/c1-14-12(9-5-2-6-10-12)13-11-7-3-4-8-11/h11,13H,2-10H2,1H3. The minimum absolute atomic E-state index is 0.0350. The first-order chi connectivity index (χ1) is 6.85. The third kappa shape index (κ3) is 2.29. The summed E-state index contributed by atoms with van der Waals surface area (Å²) in [7, 11) is 1.87. The quantitative estimate of drug-likeness (QED) is 0.702. The first kappa shape index (κ1) is 10.4. The van der Waals surface area contributed by atoms with Crippen molar-refractivity contribution >= 4 is 0 Å². The van der Waals surface area contributed by atoms with Crippen molar-refractivity contribution in [1.82, 2.24) is 5.32 Å². The molecule has 0 aromatic heterocycles. The first-order valence-corrected chi connectivity index (χ1v) is 6.17. The molecule has 2 heteroatoms. The van der Waals surface area contributed by atoms with E-state index in [4.69, 9.17) is 4.74 Å². The van der Waals surface area contributed by atoms with Gasteiger partial charge in [0.2, 0.25) is 0 Å². The molecule has 14 heavy (non-hydrogen) atoms. The maximum Gasteiger partial charge on any atom is 0.119 e. The van der Waals surface area contributed by atoms with Gasteiger partial charge in [-0.05, 0) is 38.5 Å². The summed E-state index contributed by atoms with van der Waals surface area (Å²) in [6.07, 6.45) is 12.0. The molecule has 1 N–H and O–H groups in total. The van der Waals surface area contributed by atoms with Crippen LogP contribution in [0, 0.1) is 0 Å². The zero-order valence-electron chi connectivity index (χ0n) is 9.35. The molecule has 82 valence electrons. The Bertz CT molecular complexity index is 169. The molecular formula is C12H23NO. The van der Waals surface area contributed by atoms with Crippen molar-refractivity contribution in [2.45, 2.75) is 69.6 Å². The van der Waals surface area contributed by atoms with Crippen LogP contribution in [0.15, 0.2) is 0 Å². The smallest absolute Gasteiger partial charge is 0.119 e. The molecule has 2 aliphatic carbocycles. The molecule has 2 nitrogen and oxygen atoms in total. The molecule has 2 rings (SSSR count). The van der Waals surface area contributed by atoms with Crippen LogP contribution in [0.3, 0.4) is 0 Å². The van der Waals surface area contributed by atoms with E-state index >= 15 is 0 Å². The number of hydrogen-bond donors (Lipinski definition) is 1. The molecule has 0 amide bonds. The number of rotatable bonds is 3. The van der Waals surface area contributed by atoms with Gasteiger partial charge in [-0.3, -0.25) is 5.32 Å². The highest BCUT2D eigenvalue weighted by molar-refractivity contribution is 4.87. The largest absolute Gasteiger partial charge is 0.364 e. The number of methoxy groups -OCH3 is 1. The molecule has 0 heterocycles. The topological polar surface area (TPSA) is 21.3 Å². The van der Waals surface area contributed by atoms with Gasteiger partial charge in [0.1, 0.15) is 5.72 Å². The molecule has 0 atom stereocenters. The Morgan fingerprint density at radius 2 is 1.64 bits per heavy atom. The number of nitrogens with one attached hydrogen (secondary N) is 1. The Labute approximate surface area is 87.4 Å². The van der Waals surface area contributed by atoms with E-state index in [0.717, 1.165) is 6.04 Å². The average Bonchev–Trinajstić information content (AvgIpc) is 2.72. The van der Waals surface area contributed by atoms with Gasteiger partial charge in [-0.2, -0.15) is 0 Å². The lowest BCUT2D eigenvalue weighted by molar-refractivity contribution is -0.0738. The monoisotopic (exact) mass is 197 g/mol. The average molecular weight is 197 g/mol. The van der Waals surface area contributed by atoms with Crippen molar-refractivity contribution in [1.29, 1.82) is 0 Å². The molecule has 0 aliphatic heterocycles. The Hall–Kier alpha value is -0.0800. The van der Waals surface area contributed by atoms with Crippen LogP contribution in [0.1, 0.15) is 57.8 Å². The van der Waals surface area contributed by atoms with E-state index in [0.29, 0.717) is 0 Å². The number of ether oxygens (including phenoxy) is 1. The van der Waals surface area contributed by atoms with Gasteiger partial charge in [0.05, 0.1) is 0 Å². The van der Waals surface area contributed by atoms with E-state index in [1.165, 1.54) is 57.8 Å². The van der Waals surface area contributed by atoms with E-state index in [2.05, 4.69) is 5.32 Å². The summed E-state index contributed by atoms with van der Waals surface area (Å²) >= 11 is 0. The Morgan fingerprint density at radius 3 is 2.21 bits per heavy atom. The van der Waals surface area contributed by atoms with Gasteiger partial charge < -0.3 is 4.74 Å². The van der Waals surface area contributed by atoms with Gasteiger partial charge in [-0.1, -0.05) is 19.3 Å². The van der Waals surface area contributed by atoms with E-state index in [9.17, 15) is 0 Å².